The predicted octanol–water partition coefficient (Wildman–Crippen LogP) is 1.97. The van der Waals surface area contributed by atoms with Crippen LogP contribution >= 0.6 is 12.6 Å². The lowest BCUT2D eigenvalue weighted by Gasteiger charge is -2.38. The minimum Gasteiger partial charge on any atom is -0.381 e. The summed E-state index contributed by atoms with van der Waals surface area (Å²) in [7, 11) is 3.30. The van der Waals surface area contributed by atoms with E-state index in [1.165, 1.54) is 0 Å². The number of likely N-dealkylation sites (N-methyl/N-ethyl adjacent to an activating group) is 1. The number of thiol groups is 1. The number of hydrogen-bond donors (Lipinski definition) is 3. The van der Waals surface area contributed by atoms with Crippen molar-refractivity contribution in [1.29, 1.82) is 0 Å². The van der Waals surface area contributed by atoms with Gasteiger partial charge < -0.3 is 15.4 Å². The molecule has 138 valence electrons. The maximum Gasteiger partial charge on any atom is 0.242 e. The van der Waals surface area contributed by atoms with Crippen molar-refractivity contribution < 1.29 is 14.3 Å². The first-order chi connectivity index (χ1) is 12.0. The predicted molar refractivity (Wildman–Crippen MR) is 102 cm³/mol. The third-order valence-corrected chi connectivity index (χ3v) is 5.76. The molecule has 0 bridgehead atoms. The second-order valence-corrected chi connectivity index (χ2v) is 7.02. The topological polar surface area (TPSA) is 67.4 Å². The summed E-state index contributed by atoms with van der Waals surface area (Å²) in [6.07, 6.45) is 3.82. The minimum absolute atomic E-state index is 0.0819. The number of carbonyl (C=O) groups excluding carboxylic acids is 2. The molecule has 6 heteroatoms. The zero-order chi connectivity index (χ0) is 18.3. The van der Waals surface area contributed by atoms with Crippen LogP contribution in [0.2, 0.25) is 0 Å². The van der Waals surface area contributed by atoms with Crippen LogP contribution in [-0.2, 0) is 20.7 Å². The van der Waals surface area contributed by atoms with Gasteiger partial charge in [-0.05, 0) is 31.2 Å². The summed E-state index contributed by atoms with van der Waals surface area (Å²) < 4.78 is 5.40. The Bertz CT molecular complexity index is 571. The Balaban J connectivity index is 2.08. The van der Waals surface area contributed by atoms with E-state index in [4.69, 9.17) is 4.74 Å². The van der Waals surface area contributed by atoms with Crippen LogP contribution in [0.15, 0.2) is 30.3 Å². The molecule has 2 rings (SSSR count). The summed E-state index contributed by atoms with van der Waals surface area (Å²) in [6, 6.07) is 9.12. The third kappa shape index (κ3) is 4.98. The Morgan fingerprint density at radius 2 is 1.92 bits per heavy atom. The highest BCUT2D eigenvalue weighted by molar-refractivity contribution is 7.80. The van der Waals surface area contributed by atoms with Crippen LogP contribution in [0.4, 0.5) is 0 Å². The maximum absolute atomic E-state index is 13.0. The molecule has 0 radical (unpaired) electrons. The van der Waals surface area contributed by atoms with Crippen molar-refractivity contribution in [2.75, 3.05) is 19.9 Å². The molecule has 1 aromatic rings. The summed E-state index contributed by atoms with van der Waals surface area (Å²) in [6.45, 7) is 0. The van der Waals surface area contributed by atoms with E-state index in [1.807, 2.05) is 30.3 Å². The lowest BCUT2D eigenvalue weighted by Crippen LogP contribution is -2.53. The molecule has 0 spiro atoms. The van der Waals surface area contributed by atoms with Crippen molar-refractivity contribution in [2.24, 2.45) is 5.41 Å². The Labute approximate surface area is 155 Å². The van der Waals surface area contributed by atoms with E-state index < -0.39 is 11.5 Å². The molecule has 1 saturated carbocycles. The van der Waals surface area contributed by atoms with E-state index >= 15 is 0 Å². The van der Waals surface area contributed by atoms with Gasteiger partial charge in [0.25, 0.3) is 0 Å². The van der Waals surface area contributed by atoms with E-state index in [1.54, 1.807) is 14.2 Å². The van der Waals surface area contributed by atoms with Crippen LogP contribution in [0, 0.1) is 5.41 Å². The average molecular weight is 365 g/mol. The standard InChI is InChI=1S/C19H28N2O3S/c1-20-17(22)16(12-14-6-4-3-5-7-14)21-18(23)19(13-25)10-8-15(24-2)9-11-19/h3-7,15-16,25H,8-13H2,1-2H3,(H,20,22)(H,21,23)/t15?,16-,19?/m0/s1. The van der Waals surface area contributed by atoms with Gasteiger partial charge in [0.2, 0.25) is 11.8 Å². The van der Waals surface area contributed by atoms with Gasteiger partial charge in [0.05, 0.1) is 11.5 Å². The highest BCUT2D eigenvalue weighted by atomic mass is 32.1. The van der Waals surface area contributed by atoms with Gasteiger partial charge in [0, 0.05) is 26.3 Å². The second-order valence-electron chi connectivity index (χ2n) is 6.70. The van der Waals surface area contributed by atoms with Gasteiger partial charge in [-0.1, -0.05) is 30.3 Å². The monoisotopic (exact) mass is 364 g/mol. The average Bonchev–Trinajstić information content (AvgIpc) is 2.67. The zero-order valence-electron chi connectivity index (χ0n) is 15.0. The number of carbonyl (C=O) groups is 2. The van der Waals surface area contributed by atoms with Gasteiger partial charge in [-0.3, -0.25) is 9.59 Å². The van der Waals surface area contributed by atoms with Crippen LogP contribution < -0.4 is 10.6 Å². The maximum atomic E-state index is 13.0. The number of nitrogens with one attached hydrogen (secondary N) is 2. The fraction of sp³-hybridized carbons (Fsp3) is 0.579. The molecule has 0 aliphatic heterocycles. The fourth-order valence-electron chi connectivity index (χ4n) is 3.38. The van der Waals surface area contributed by atoms with E-state index in [-0.39, 0.29) is 17.9 Å². The summed E-state index contributed by atoms with van der Waals surface area (Å²) in [5, 5.41) is 5.62. The fourth-order valence-corrected chi connectivity index (χ4v) is 3.84. The number of rotatable bonds is 7. The lowest BCUT2D eigenvalue weighted by molar-refractivity contribution is -0.136. The SMILES string of the molecule is CNC(=O)[C@H](Cc1ccccc1)NC(=O)C1(CS)CCC(OC)CC1. The van der Waals surface area contributed by atoms with Crippen molar-refractivity contribution in [1.82, 2.24) is 10.6 Å². The second kappa shape index (κ2) is 9.25. The molecule has 1 aromatic carbocycles. The largest absolute Gasteiger partial charge is 0.381 e. The Morgan fingerprint density at radius 3 is 2.44 bits per heavy atom. The van der Waals surface area contributed by atoms with Gasteiger partial charge in [0.15, 0.2) is 0 Å². The first kappa shape index (κ1) is 19.8. The summed E-state index contributed by atoms with van der Waals surface area (Å²) in [5.41, 5.74) is 0.487. The molecule has 0 aromatic heterocycles. The molecular weight excluding hydrogens is 336 g/mol. The van der Waals surface area contributed by atoms with Crippen LogP contribution in [0.3, 0.4) is 0 Å². The summed E-state index contributed by atoms with van der Waals surface area (Å²) in [5.74, 6) is 0.208. The van der Waals surface area contributed by atoms with Crippen molar-refractivity contribution in [3.8, 4) is 0 Å². The smallest absolute Gasteiger partial charge is 0.242 e. The molecule has 1 aliphatic carbocycles. The van der Waals surface area contributed by atoms with Crippen molar-refractivity contribution in [3.63, 3.8) is 0 Å². The quantitative estimate of drug-likeness (QED) is 0.648. The molecule has 0 heterocycles. The van der Waals surface area contributed by atoms with Crippen LogP contribution in [0.1, 0.15) is 31.2 Å². The highest BCUT2D eigenvalue weighted by Crippen LogP contribution is 2.38. The van der Waals surface area contributed by atoms with Crippen molar-refractivity contribution in [2.45, 2.75) is 44.2 Å². The van der Waals surface area contributed by atoms with E-state index in [0.29, 0.717) is 12.2 Å². The van der Waals surface area contributed by atoms with Crippen LogP contribution in [0.25, 0.3) is 0 Å². The minimum atomic E-state index is -0.586. The summed E-state index contributed by atoms with van der Waals surface area (Å²) >= 11 is 4.44. The van der Waals surface area contributed by atoms with Crippen LogP contribution in [0.5, 0.6) is 0 Å². The summed E-state index contributed by atoms with van der Waals surface area (Å²) in [4.78, 5) is 25.2. The van der Waals surface area contributed by atoms with Gasteiger partial charge in [-0.25, -0.2) is 0 Å². The van der Waals surface area contributed by atoms with Gasteiger partial charge in [-0.15, -0.1) is 0 Å². The molecule has 0 saturated heterocycles. The molecule has 1 atom stereocenters. The Hall–Kier alpha value is -1.53. The first-order valence-corrected chi connectivity index (χ1v) is 9.38. The lowest BCUT2D eigenvalue weighted by atomic mass is 9.73. The molecule has 1 fully saturated rings. The highest BCUT2D eigenvalue weighted by Gasteiger charge is 2.42. The van der Waals surface area contributed by atoms with E-state index in [2.05, 4.69) is 23.3 Å². The van der Waals surface area contributed by atoms with Gasteiger partial charge in [0.1, 0.15) is 6.04 Å². The molecule has 2 amide bonds. The van der Waals surface area contributed by atoms with Crippen molar-refractivity contribution in [3.05, 3.63) is 35.9 Å². The van der Waals surface area contributed by atoms with E-state index in [9.17, 15) is 9.59 Å². The normalized spacial score (nSPS) is 24.4. The number of benzene rings is 1. The first-order valence-electron chi connectivity index (χ1n) is 8.75. The van der Waals surface area contributed by atoms with Gasteiger partial charge >= 0.3 is 0 Å². The zero-order valence-corrected chi connectivity index (χ0v) is 15.9. The molecule has 2 N–H and O–H groups in total. The number of hydrogen-bond acceptors (Lipinski definition) is 4. The van der Waals surface area contributed by atoms with Crippen LogP contribution in [-0.4, -0.2) is 43.9 Å². The van der Waals surface area contributed by atoms with E-state index in [0.717, 1.165) is 31.2 Å². The number of methoxy groups -OCH3 is 1. The Morgan fingerprint density at radius 1 is 1.28 bits per heavy atom. The third-order valence-electron chi connectivity index (χ3n) is 5.16. The molecule has 0 unspecified atom stereocenters. The molecule has 1 aliphatic rings. The number of ether oxygens (including phenoxy) is 1. The molecule has 25 heavy (non-hydrogen) atoms. The molecular formula is C19H28N2O3S. The Kier molecular flexibility index (Phi) is 7.32. The van der Waals surface area contributed by atoms with Gasteiger partial charge in [-0.2, -0.15) is 12.6 Å². The molecule has 5 nitrogen and oxygen atoms in total. The van der Waals surface area contributed by atoms with Crippen molar-refractivity contribution >= 4 is 24.4 Å². The number of amides is 2.